The maximum Gasteiger partial charge on any atom is 0.166 e. The summed E-state index contributed by atoms with van der Waals surface area (Å²) in [5.74, 6) is 0. The maximum atomic E-state index is 5.36. The number of rotatable bonds is 7. The van der Waals surface area contributed by atoms with E-state index >= 15 is 0 Å². The molecule has 0 aliphatic carbocycles. The van der Waals surface area contributed by atoms with Crippen LogP contribution in [0.4, 0.5) is 0 Å². The third-order valence-electron chi connectivity index (χ3n) is 4.37. The van der Waals surface area contributed by atoms with Crippen molar-refractivity contribution in [1.82, 2.24) is 10.6 Å². The Labute approximate surface area is 145 Å². The largest absolute Gasteiger partial charge is 0.370 e. The Morgan fingerprint density at radius 2 is 1.91 bits per heavy atom. The molecule has 3 N–H and O–H groups in total. The lowest BCUT2D eigenvalue weighted by atomic mass is 10.0. The average Bonchev–Trinajstić information content (AvgIpc) is 2.54. The van der Waals surface area contributed by atoms with Gasteiger partial charge in [-0.1, -0.05) is 23.8 Å². The van der Waals surface area contributed by atoms with Gasteiger partial charge >= 0.3 is 0 Å². The van der Waals surface area contributed by atoms with Gasteiger partial charge in [0.15, 0.2) is 5.11 Å². The van der Waals surface area contributed by atoms with Crippen LogP contribution in [0.2, 0.25) is 0 Å². The molecule has 1 heterocycles. The second kappa shape index (κ2) is 9.85. The van der Waals surface area contributed by atoms with Crippen molar-refractivity contribution in [2.45, 2.75) is 26.7 Å². The number of ether oxygens (including phenoxy) is 1. The summed E-state index contributed by atoms with van der Waals surface area (Å²) in [6, 6.07) is 6.69. The maximum absolute atomic E-state index is 5.36. The average molecular weight is 337 g/mol. The van der Waals surface area contributed by atoms with Gasteiger partial charge in [-0.2, -0.15) is 0 Å². The van der Waals surface area contributed by atoms with Crippen LogP contribution in [0.3, 0.4) is 0 Å². The van der Waals surface area contributed by atoms with Crippen molar-refractivity contribution in [2.75, 3.05) is 45.9 Å². The summed E-state index contributed by atoms with van der Waals surface area (Å²) in [5.41, 5.74) is 4.16. The number of hydrogen-bond acceptors (Lipinski definition) is 2. The standard InChI is InChI=1S/C18H29N3OS/c1-15-5-6-17(16(2)14-15)4-3-7-19-18(23)20-8-9-21-10-12-22-13-11-21/h5-6,14H,3-4,7-13H2,1-2H3,(H2,19,20,23)/p+1. The van der Waals surface area contributed by atoms with Gasteiger partial charge < -0.3 is 20.3 Å². The molecule has 0 radical (unpaired) electrons. The van der Waals surface area contributed by atoms with Gasteiger partial charge in [-0.05, 0) is 50.0 Å². The minimum atomic E-state index is 0.776. The molecular weight excluding hydrogens is 306 g/mol. The molecule has 0 saturated carbocycles. The topological polar surface area (TPSA) is 37.7 Å². The van der Waals surface area contributed by atoms with Crippen molar-refractivity contribution in [3.63, 3.8) is 0 Å². The number of benzene rings is 1. The smallest absolute Gasteiger partial charge is 0.166 e. The molecule has 4 nitrogen and oxygen atoms in total. The fourth-order valence-electron chi connectivity index (χ4n) is 2.93. The van der Waals surface area contributed by atoms with Gasteiger partial charge in [0.25, 0.3) is 0 Å². The summed E-state index contributed by atoms with van der Waals surface area (Å²) in [6.07, 6.45) is 2.19. The molecule has 1 aromatic rings. The molecular formula is C18H30N3OS+. The van der Waals surface area contributed by atoms with E-state index in [0.717, 1.165) is 63.9 Å². The van der Waals surface area contributed by atoms with E-state index in [1.807, 2.05) is 0 Å². The van der Waals surface area contributed by atoms with E-state index in [2.05, 4.69) is 42.7 Å². The Kier molecular flexibility index (Phi) is 7.79. The molecule has 1 saturated heterocycles. The van der Waals surface area contributed by atoms with Gasteiger partial charge in [0.1, 0.15) is 13.1 Å². The molecule has 1 aliphatic heterocycles. The van der Waals surface area contributed by atoms with Crippen LogP contribution in [-0.4, -0.2) is 51.0 Å². The summed E-state index contributed by atoms with van der Waals surface area (Å²) in [6.45, 7) is 11.3. The minimum Gasteiger partial charge on any atom is -0.370 e. The van der Waals surface area contributed by atoms with Crippen molar-refractivity contribution < 1.29 is 9.64 Å². The Hall–Kier alpha value is -1.17. The summed E-state index contributed by atoms with van der Waals surface area (Å²) in [5, 5.41) is 7.39. The van der Waals surface area contributed by atoms with Gasteiger partial charge in [0.2, 0.25) is 0 Å². The van der Waals surface area contributed by atoms with Crippen molar-refractivity contribution in [1.29, 1.82) is 0 Å². The highest BCUT2D eigenvalue weighted by atomic mass is 32.1. The summed E-state index contributed by atoms with van der Waals surface area (Å²) in [7, 11) is 0. The number of nitrogens with one attached hydrogen (secondary N) is 3. The first-order chi connectivity index (χ1) is 11.1. The molecule has 5 heteroatoms. The second-order valence-electron chi connectivity index (χ2n) is 6.33. The van der Waals surface area contributed by atoms with E-state index in [4.69, 9.17) is 17.0 Å². The Morgan fingerprint density at radius 1 is 1.17 bits per heavy atom. The SMILES string of the molecule is Cc1ccc(CCCNC(=S)NCC[NH+]2CCOCC2)c(C)c1. The normalized spacial score (nSPS) is 15.4. The quantitative estimate of drug-likeness (QED) is 0.504. The molecule has 0 aromatic heterocycles. The van der Waals surface area contributed by atoms with Crippen molar-refractivity contribution >= 4 is 17.3 Å². The summed E-state index contributed by atoms with van der Waals surface area (Å²) in [4.78, 5) is 1.60. The van der Waals surface area contributed by atoms with E-state index in [0.29, 0.717) is 0 Å². The van der Waals surface area contributed by atoms with E-state index in [1.54, 1.807) is 4.90 Å². The van der Waals surface area contributed by atoms with E-state index in [9.17, 15) is 0 Å². The van der Waals surface area contributed by atoms with Crippen LogP contribution in [0, 0.1) is 13.8 Å². The fourth-order valence-corrected chi connectivity index (χ4v) is 3.14. The van der Waals surface area contributed by atoms with Gasteiger partial charge in [0, 0.05) is 6.54 Å². The molecule has 0 bridgehead atoms. The third-order valence-corrected chi connectivity index (χ3v) is 4.66. The van der Waals surface area contributed by atoms with Gasteiger partial charge in [-0.3, -0.25) is 0 Å². The van der Waals surface area contributed by atoms with Crippen molar-refractivity contribution in [3.05, 3.63) is 34.9 Å². The zero-order chi connectivity index (χ0) is 16.5. The number of morpholine rings is 1. The first-order valence-corrected chi connectivity index (χ1v) is 9.05. The number of hydrogen-bond donors (Lipinski definition) is 3. The molecule has 2 rings (SSSR count). The molecule has 23 heavy (non-hydrogen) atoms. The van der Waals surface area contributed by atoms with Crippen LogP contribution >= 0.6 is 12.2 Å². The first kappa shape index (κ1) is 18.2. The Balaban J connectivity index is 1.54. The third kappa shape index (κ3) is 6.85. The van der Waals surface area contributed by atoms with E-state index in [1.165, 1.54) is 16.7 Å². The molecule has 0 spiro atoms. The van der Waals surface area contributed by atoms with Crippen LogP contribution < -0.4 is 15.5 Å². The molecule has 1 aliphatic rings. The molecule has 0 amide bonds. The fraction of sp³-hybridized carbons (Fsp3) is 0.611. The van der Waals surface area contributed by atoms with Gasteiger partial charge in [-0.15, -0.1) is 0 Å². The highest BCUT2D eigenvalue weighted by Crippen LogP contribution is 2.12. The lowest BCUT2D eigenvalue weighted by molar-refractivity contribution is -0.906. The second-order valence-corrected chi connectivity index (χ2v) is 6.74. The minimum absolute atomic E-state index is 0.776. The van der Waals surface area contributed by atoms with Crippen molar-refractivity contribution in [2.24, 2.45) is 0 Å². The Morgan fingerprint density at radius 3 is 2.65 bits per heavy atom. The van der Waals surface area contributed by atoms with E-state index < -0.39 is 0 Å². The summed E-state index contributed by atoms with van der Waals surface area (Å²) < 4.78 is 5.36. The molecule has 1 fully saturated rings. The molecule has 0 unspecified atom stereocenters. The van der Waals surface area contributed by atoms with Crippen LogP contribution in [0.25, 0.3) is 0 Å². The number of thiocarbonyl (C=S) groups is 1. The zero-order valence-corrected chi connectivity index (χ0v) is 15.2. The monoisotopic (exact) mass is 336 g/mol. The molecule has 128 valence electrons. The Bertz CT molecular complexity index is 501. The van der Waals surface area contributed by atoms with Crippen LogP contribution in [0.5, 0.6) is 0 Å². The van der Waals surface area contributed by atoms with Crippen LogP contribution in [0.15, 0.2) is 18.2 Å². The number of quaternary nitrogens is 1. The summed E-state index contributed by atoms with van der Waals surface area (Å²) >= 11 is 5.34. The predicted molar refractivity (Wildman–Crippen MR) is 99.2 cm³/mol. The number of aryl methyl sites for hydroxylation is 3. The van der Waals surface area contributed by atoms with Crippen LogP contribution in [0.1, 0.15) is 23.1 Å². The van der Waals surface area contributed by atoms with Gasteiger partial charge in [0.05, 0.1) is 26.3 Å². The van der Waals surface area contributed by atoms with Crippen LogP contribution in [-0.2, 0) is 11.2 Å². The van der Waals surface area contributed by atoms with E-state index in [-0.39, 0.29) is 0 Å². The zero-order valence-electron chi connectivity index (χ0n) is 14.4. The first-order valence-electron chi connectivity index (χ1n) is 8.64. The van der Waals surface area contributed by atoms with Gasteiger partial charge in [-0.25, -0.2) is 0 Å². The lowest BCUT2D eigenvalue weighted by Gasteiger charge is -2.24. The lowest BCUT2D eigenvalue weighted by Crippen LogP contribution is -3.14. The highest BCUT2D eigenvalue weighted by molar-refractivity contribution is 7.80. The molecule has 1 aromatic carbocycles. The highest BCUT2D eigenvalue weighted by Gasteiger charge is 2.12. The molecule has 0 atom stereocenters. The predicted octanol–water partition coefficient (Wildman–Crippen LogP) is 0.615. The van der Waals surface area contributed by atoms with Crippen molar-refractivity contribution in [3.8, 4) is 0 Å².